The second-order valence-electron chi connectivity index (χ2n) is 7.66. The summed E-state index contributed by atoms with van der Waals surface area (Å²) in [5, 5.41) is 2.99. The average Bonchev–Trinajstić information content (AvgIpc) is 3.40. The molecule has 1 fully saturated rings. The highest BCUT2D eigenvalue weighted by molar-refractivity contribution is 5.75. The molecule has 2 aromatic heterocycles. The first kappa shape index (κ1) is 19.2. The Balaban J connectivity index is 1.54. The number of likely N-dealkylation sites (tertiary alicyclic amines) is 1. The Morgan fingerprint density at radius 2 is 2.07 bits per heavy atom. The summed E-state index contributed by atoms with van der Waals surface area (Å²) in [4.78, 5) is 23.6. The molecule has 3 heterocycles. The van der Waals surface area contributed by atoms with Gasteiger partial charge >= 0.3 is 6.03 Å². The number of carbonyl (C=O) groups is 1. The SMILES string of the molecule is CC(C)c1oc(C2CCCN2C(=O)NCc2cccnc2)nc1-c1ccccc1. The Morgan fingerprint density at radius 1 is 1.24 bits per heavy atom. The summed E-state index contributed by atoms with van der Waals surface area (Å²) in [6.45, 7) is 5.35. The number of hydrogen-bond donors (Lipinski definition) is 1. The summed E-state index contributed by atoms with van der Waals surface area (Å²) < 4.78 is 6.21. The molecule has 1 aromatic carbocycles. The highest BCUT2D eigenvalue weighted by atomic mass is 16.4. The van der Waals surface area contributed by atoms with Gasteiger partial charge in [0.05, 0.1) is 0 Å². The summed E-state index contributed by atoms with van der Waals surface area (Å²) in [7, 11) is 0. The minimum Gasteiger partial charge on any atom is -0.442 e. The van der Waals surface area contributed by atoms with E-state index in [0.29, 0.717) is 19.0 Å². The molecule has 0 bridgehead atoms. The second-order valence-corrected chi connectivity index (χ2v) is 7.66. The van der Waals surface area contributed by atoms with Crippen molar-refractivity contribution in [1.29, 1.82) is 0 Å². The molecule has 3 aromatic rings. The number of aromatic nitrogens is 2. The number of rotatable bonds is 5. The third-order valence-electron chi connectivity index (χ3n) is 5.21. The predicted molar refractivity (Wildman–Crippen MR) is 111 cm³/mol. The van der Waals surface area contributed by atoms with E-state index in [9.17, 15) is 4.79 Å². The van der Waals surface area contributed by atoms with Crippen molar-refractivity contribution in [2.45, 2.75) is 45.2 Å². The zero-order valence-electron chi connectivity index (χ0n) is 16.8. The first-order chi connectivity index (χ1) is 14.1. The molecule has 1 N–H and O–H groups in total. The molecular formula is C23H26N4O2. The minimum atomic E-state index is -0.140. The fourth-order valence-corrected chi connectivity index (χ4v) is 3.73. The summed E-state index contributed by atoms with van der Waals surface area (Å²) in [6.07, 6.45) is 5.27. The highest BCUT2D eigenvalue weighted by Gasteiger charge is 2.34. The first-order valence-corrected chi connectivity index (χ1v) is 10.1. The van der Waals surface area contributed by atoms with Gasteiger partial charge in [0.15, 0.2) is 0 Å². The summed E-state index contributed by atoms with van der Waals surface area (Å²) in [5.74, 6) is 1.70. The third kappa shape index (κ3) is 4.16. The van der Waals surface area contributed by atoms with Gasteiger partial charge in [-0.3, -0.25) is 4.98 Å². The number of nitrogens with zero attached hydrogens (tertiary/aromatic N) is 3. The maximum absolute atomic E-state index is 12.8. The predicted octanol–water partition coefficient (Wildman–Crippen LogP) is 4.91. The van der Waals surface area contributed by atoms with E-state index in [1.807, 2.05) is 47.4 Å². The van der Waals surface area contributed by atoms with Crippen molar-refractivity contribution >= 4 is 6.03 Å². The van der Waals surface area contributed by atoms with Crippen LogP contribution in [0.5, 0.6) is 0 Å². The minimum absolute atomic E-state index is 0.0955. The van der Waals surface area contributed by atoms with Gasteiger partial charge in [0, 0.05) is 37.0 Å². The maximum atomic E-state index is 12.8. The van der Waals surface area contributed by atoms with Gasteiger partial charge in [-0.2, -0.15) is 0 Å². The monoisotopic (exact) mass is 390 g/mol. The Bertz CT molecular complexity index is 954. The molecule has 1 aliphatic rings. The van der Waals surface area contributed by atoms with Crippen LogP contribution < -0.4 is 5.32 Å². The number of benzene rings is 1. The molecule has 0 spiro atoms. The second kappa shape index (κ2) is 8.47. The lowest BCUT2D eigenvalue weighted by molar-refractivity contribution is 0.183. The molecular weight excluding hydrogens is 364 g/mol. The van der Waals surface area contributed by atoms with Crippen molar-refractivity contribution in [3.63, 3.8) is 0 Å². The molecule has 6 nitrogen and oxygen atoms in total. The number of urea groups is 1. The van der Waals surface area contributed by atoms with Crippen molar-refractivity contribution in [1.82, 2.24) is 20.2 Å². The van der Waals surface area contributed by atoms with Crippen LogP contribution in [0.1, 0.15) is 55.9 Å². The topological polar surface area (TPSA) is 71.3 Å². The first-order valence-electron chi connectivity index (χ1n) is 10.1. The third-order valence-corrected chi connectivity index (χ3v) is 5.21. The van der Waals surface area contributed by atoms with E-state index in [1.165, 1.54) is 0 Å². The molecule has 1 aliphatic heterocycles. The summed E-state index contributed by atoms with van der Waals surface area (Å²) in [5.41, 5.74) is 2.89. The van der Waals surface area contributed by atoms with Crippen LogP contribution in [0.2, 0.25) is 0 Å². The van der Waals surface area contributed by atoms with Gasteiger partial charge in [0.2, 0.25) is 5.89 Å². The molecule has 1 atom stereocenters. The molecule has 4 rings (SSSR count). The van der Waals surface area contributed by atoms with E-state index < -0.39 is 0 Å². The van der Waals surface area contributed by atoms with Crippen LogP contribution in [0.25, 0.3) is 11.3 Å². The standard InChI is InChI=1S/C23H26N4O2/c1-16(2)21-20(18-9-4-3-5-10-18)26-22(29-21)19-11-7-13-27(19)23(28)25-15-17-8-6-12-24-14-17/h3-6,8-10,12,14,16,19H,7,11,13,15H2,1-2H3,(H,25,28). The molecule has 2 amide bonds. The highest BCUT2D eigenvalue weighted by Crippen LogP contribution is 2.37. The Labute approximate surface area is 171 Å². The normalized spacial score (nSPS) is 16.4. The number of hydrogen-bond acceptors (Lipinski definition) is 4. The van der Waals surface area contributed by atoms with E-state index >= 15 is 0 Å². The summed E-state index contributed by atoms with van der Waals surface area (Å²) in [6, 6.07) is 13.7. The van der Waals surface area contributed by atoms with E-state index in [2.05, 4.69) is 24.1 Å². The van der Waals surface area contributed by atoms with Crippen molar-refractivity contribution < 1.29 is 9.21 Å². The van der Waals surface area contributed by atoms with Gasteiger partial charge in [-0.05, 0) is 24.5 Å². The van der Waals surface area contributed by atoms with Crippen LogP contribution in [0.4, 0.5) is 4.79 Å². The number of carbonyl (C=O) groups excluding carboxylic acids is 1. The van der Waals surface area contributed by atoms with E-state index in [4.69, 9.17) is 9.40 Å². The number of pyridine rings is 1. The Morgan fingerprint density at radius 3 is 2.79 bits per heavy atom. The smallest absolute Gasteiger partial charge is 0.318 e. The molecule has 1 saturated heterocycles. The molecule has 29 heavy (non-hydrogen) atoms. The van der Waals surface area contributed by atoms with Crippen LogP contribution >= 0.6 is 0 Å². The molecule has 0 radical (unpaired) electrons. The molecule has 1 unspecified atom stereocenters. The molecule has 6 heteroatoms. The quantitative estimate of drug-likeness (QED) is 0.672. The van der Waals surface area contributed by atoms with Gasteiger partial charge in [-0.25, -0.2) is 9.78 Å². The van der Waals surface area contributed by atoms with Crippen LogP contribution in [0.3, 0.4) is 0 Å². The van der Waals surface area contributed by atoms with Crippen LogP contribution in [0.15, 0.2) is 59.3 Å². The molecule has 0 aliphatic carbocycles. The van der Waals surface area contributed by atoms with Crippen LogP contribution in [-0.2, 0) is 6.54 Å². The average molecular weight is 390 g/mol. The maximum Gasteiger partial charge on any atom is 0.318 e. The van der Waals surface area contributed by atoms with Gasteiger partial charge in [-0.15, -0.1) is 0 Å². The zero-order chi connectivity index (χ0) is 20.2. The number of amides is 2. The fraction of sp³-hybridized carbons (Fsp3) is 0.348. The number of nitrogens with one attached hydrogen (secondary N) is 1. The Kier molecular flexibility index (Phi) is 5.60. The van der Waals surface area contributed by atoms with Gasteiger partial charge in [0.1, 0.15) is 17.5 Å². The van der Waals surface area contributed by atoms with Crippen molar-refractivity contribution in [3.8, 4) is 11.3 Å². The number of oxazole rings is 1. The summed E-state index contributed by atoms with van der Waals surface area (Å²) >= 11 is 0. The molecule has 150 valence electrons. The zero-order valence-corrected chi connectivity index (χ0v) is 16.8. The lowest BCUT2D eigenvalue weighted by Gasteiger charge is -2.22. The van der Waals surface area contributed by atoms with E-state index in [1.54, 1.807) is 12.4 Å². The largest absolute Gasteiger partial charge is 0.442 e. The van der Waals surface area contributed by atoms with E-state index in [-0.39, 0.29) is 18.0 Å². The van der Waals surface area contributed by atoms with Crippen molar-refractivity contribution in [2.75, 3.05) is 6.54 Å². The lowest BCUT2D eigenvalue weighted by atomic mass is 10.0. The van der Waals surface area contributed by atoms with E-state index in [0.717, 1.165) is 35.4 Å². The molecule has 0 saturated carbocycles. The van der Waals surface area contributed by atoms with Gasteiger partial charge in [0.25, 0.3) is 0 Å². The fourth-order valence-electron chi connectivity index (χ4n) is 3.73. The Hall–Kier alpha value is -3.15. The van der Waals surface area contributed by atoms with Crippen molar-refractivity contribution in [2.24, 2.45) is 0 Å². The van der Waals surface area contributed by atoms with Gasteiger partial charge in [-0.1, -0.05) is 50.2 Å². The van der Waals surface area contributed by atoms with Crippen LogP contribution in [0, 0.1) is 0 Å². The van der Waals surface area contributed by atoms with Gasteiger partial charge < -0.3 is 14.6 Å². The van der Waals surface area contributed by atoms with Crippen LogP contribution in [-0.4, -0.2) is 27.4 Å². The van der Waals surface area contributed by atoms with Crippen molar-refractivity contribution in [3.05, 3.63) is 72.1 Å². The lowest BCUT2D eigenvalue weighted by Crippen LogP contribution is -2.39.